The van der Waals surface area contributed by atoms with Crippen LogP contribution in [-0.2, 0) is 11.3 Å². The van der Waals surface area contributed by atoms with Crippen LogP contribution in [0.15, 0.2) is 53.1 Å². The molecular weight excluding hydrogens is 374 g/mol. The Labute approximate surface area is 168 Å². The van der Waals surface area contributed by atoms with E-state index in [-0.39, 0.29) is 12.5 Å². The molecule has 152 valence electrons. The minimum Gasteiger partial charge on any atom is -0.497 e. The van der Waals surface area contributed by atoms with Crippen molar-refractivity contribution in [3.8, 4) is 28.6 Å². The van der Waals surface area contributed by atoms with Crippen molar-refractivity contribution >= 4 is 5.91 Å². The van der Waals surface area contributed by atoms with Gasteiger partial charge >= 0.3 is 0 Å². The third kappa shape index (κ3) is 5.04. The summed E-state index contributed by atoms with van der Waals surface area (Å²) in [6.07, 6.45) is -0.185. The van der Waals surface area contributed by atoms with Crippen LogP contribution in [0.5, 0.6) is 17.2 Å². The molecule has 3 aromatic rings. The molecular formula is C21H23N3O5. The number of hydrogen-bond donors (Lipinski definition) is 1. The van der Waals surface area contributed by atoms with Crippen LogP contribution >= 0.6 is 0 Å². The Balaban J connectivity index is 1.61. The number of rotatable bonds is 9. The van der Waals surface area contributed by atoms with Crippen LogP contribution in [0.25, 0.3) is 11.4 Å². The zero-order chi connectivity index (χ0) is 20.6. The highest BCUT2D eigenvalue weighted by molar-refractivity contribution is 5.81. The second kappa shape index (κ2) is 9.59. The van der Waals surface area contributed by atoms with E-state index in [9.17, 15) is 4.79 Å². The first-order chi connectivity index (χ1) is 14.1. The molecule has 0 saturated carbocycles. The SMILES string of the molecule is CCC(Oc1ccccc1OC)C(=O)NCc1nc(-c2cccc(OC)c2)no1. The van der Waals surface area contributed by atoms with E-state index in [1.807, 2.05) is 37.3 Å². The summed E-state index contributed by atoms with van der Waals surface area (Å²) >= 11 is 0. The third-order valence-electron chi connectivity index (χ3n) is 4.21. The van der Waals surface area contributed by atoms with Crippen molar-refractivity contribution in [1.82, 2.24) is 15.5 Å². The van der Waals surface area contributed by atoms with Gasteiger partial charge in [-0.25, -0.2) is 0 Å². The first kappa shape index (κ1) is 20.2. The number of methoxy groups -OCH3 is 2. The molecule has 0 spiro atoms. The monoisotopic (exact) mass is 397 g/mol. The summed E-state index contributed by atoms with van der Waals surface area (Å²) in [6, 6.07) is 14.5. The fraction of sp³-hybridized carbons (Fsp3) is 0.286. The minimum absolute atomic E-state index is 0.0988. The number of hydrogen-bond acceptors (Lipinski definition) is 7. The van der Waals surface area contributed by atoms with Crippen molar-refractivity contribution in [3.05, 3.63) is 54.4 Å². The molecule has 0 aliphatic rings. The molecule has 8 nitrogen and oxygen atoms in total. The lowest BCUT2D eigenvalue weighted by Crippen LogP contribution is -2.37. The van der Waals surface area contributed by atoms with Gasteiger partial charge in [0.15, 0.2) is 17.6 Å². The molecule has 1 atom stereocenters. The second-order valence-corrected chi connectivity index (χ2v) is 6.13. The summed E-state index contributed by atoms with van der Waals surface area (Å²) in [7, 11) is 3.15. The molecule has 1 heterocycles. The van der Waals surface area contributed by atoms with E-state index in [0.29, 0.717) is 35.4 Å². The van der Waals surface area contributed by atoms with Crippen molar-refractivity contribution < 1.29 is 23.5 Å². The van der Waals surface area contributed by atoms with Crippen LogP contribution in [0.4, 0.5) is 0 Å². The maximum absolute atomic E-state index is 12.5. The van der Waals surface area contributed by atoms with Gasteiger partial charge in [-0.2, -0.15) is 4.98 Å². The zero-order valence-corrected chi connectivity index (χ0v) is 16.5. The summed E-state index contributed by atoms with van der Waals surface area (Å²) in [4.78, 5) is 16.8. The summed E-state index contributed by atoms with van der Waals surface area (Å²) < 4.78 is 21.5. The summed E-state index contributed by atoms with van der Waals surface area (Å²) in [6.45, 7) is 1.97. The zero-order valence-electron chi connectivity index (χ0n) is 16.5. The third-order valence-corrected chi connectivity index (χ3v) is 4.21. The number of carbonyl (C=O) groups is 1. The Morgan fingerprint density at radius 2 is 1.90 bits per heavy atom. The first-order valence-corrected chi connectivity index (χ1v) is 9.19. The van der Waals surface area contributed by atoms with Crippen LogP contribution in [0.3, 0.4) is 0 Å². The Hall–Kier alpha value is -3.55. The molecule has 0 bridgehead atoms. The Kier molecular flexibility index (Phi) is 6.67. The maximum atomic E-state index is 12.5. The lowest BCUT2D eigenvalue weighted by atomic mass is 10.2. The fourth-order valence-electron chi connectivity index (χ4n) is 2.67. The topological polar surface area (TPSA) is 95.7 Å². The molecule has 1 aromatic heterocycles. The van der Waals surface area contributed by atoms with Crippen LogP contribution < -0.4 is 19.5 Å². The standard InChI is InChI=1S/C21H23N3O5/c1-4-16(28-18-11-6-5-10-17(18)27-3)21(25)22-13-19-23-20(24-29-19)14-8-7-9-15(12-14)26-2/h5-12,16H,4,13H2,1-3H3,(H,22,25). The predicted molar refractivity (Wildman–Crippen MR) is 106 cm³/mol. The largest absolute Gasteiger partial charge is 0.497 e. The van der Waals surface area contributed by atoms with Gasteiger partial charge in [0.1, 0.15) is 5.75 Å². The average Bonchev–Trinajstić information content (AvgIpc) is 3.25. The maximum Gasteiger partial charge on any atom is 0.261 e. The molecule has 1 unspecified atom stereocenters. The fourth-order valence-corrected chi connectivity index (χ4v) is 2.67. The Morgan fingerprint density at radius 3 is 2.62 bits per heavy atom. The molecule has 0 fully saturated rings. The number of amides is 1. The lowest BCUT2D eigenvalue weighted by molar-refractivity contribution is -0.128. The lowest BCUT2D eigenvalue weighted by Gasteiger charge is -2.18. The molecule has 0 aliphatic carbocycles. The summed E-state index contributed by atoms with van der Waals surface area (Å²) in [5.74, 6) is 2.21. The van der Waals surface area contributed by atoms with E-state index < -0.39 is 6.10 Å². The van der Waals surface area contributed by atoms with Gasteiger partial charge in [-0.3, -0.25) is 4.79 Å². The van der Waals surface area contributed by atoms with Crippen molar-refractivity contribution in [2.75, 3.05) is 14.2 Å². The molecule has 0 aliphatic heterocycles. The van der Waals surface area contributed by atoms with Crippen LogP contribution in [0.2, 0.25) is 0 Å². The molecule has 1 N–H and O–H groups in total. The van der Waals surface area contributed by atoms with Crippen molar-refractivity contribution in [3.63, 3.8) is 0 Å². The van der Waals surface area contributed by atoms with Gasteiger partial charge in [0.2, 0.25) is 11.7 Å². The van der Waals surface area contributed by atoms with Gasteiger partial charge in [-0.05, 0) is 30.7 Å². The van der Waals surface area contributed by atoms with Gasteiger partial charge in [0, 0.05) is 5.56 Å². The highest BCUT2D eigenvalue weighted by Gasteiger charge is 2.20. The van der Waals surface area contributed by atoms with Crippen molar-refractivity contribution in [2.24, 2.45) is 0 Å². The molecule has 29 heavy (non-hydrogen) atoms. The average molecular weight is 397 g/mol. The van der Waals surface area contributed by atoms with Crippen molar-refractivity contribution in [2.45, 2.75) is 26.0 Å². The molecule has 0 radical (unpaired) electrons. The smallest absolute Gasteiger partial charge is 0.261 e. The number of para-hydroxylation sites is 2. The number of nitrogens with one attached hydrogen (secondary N) is 1. The van der Waals surface area contributed by atoms with E-state index in [1.165, 1.54) is 0 Å². The van der Waals surface area contributed by atoms with Gasteiger partial charge < -0.3 is 24.1 Å². The minimum atomic E-state index is -0.674. The summed E-state index contributed by atoms with van der Waals surface area (Å²) in [5, 5.41) is 6.72. The van der Waals surface area contributed by atoms with E-state index >= 15 is 0 Å². The van der Waals surface area contributed by atoms with Crippen LogP contribution in [0, 0.1) is 0 Å². The van der Waals surface area contributed by atoms with Crippen molar-refractivity contribution in [1.29, 1.82) is 0 Å². The predicted octanol–water partition coefficient (Wildman–Crippen LogP) is 3.23. The first-order valence-electron chi connectivity index (χ1n) is 9.19. The van der Waals surface area contributed by atoms with E-state index in [2.05, 4.69) is 15.5 Å². The van der Waals surface area contributed by atoms with E-state index in [4.69, 9.17) is 18.7 Å². The van der Waals surface area contributed by atoms with Crippen LogP contribution in [0.1, 0.15) is 19.2 Å². The molecule has 0 saturated heterocycles. The molecule has 1 amide bonds. The normalized spacial score (nSPS) is 11.6. The number of carbonyl (C=O) groups excluding carboxylic acids is 1. The molecule has 3 rings (SSSR count). The Bertz CT molecular complexity index is 957. The number of benzene rings is 2. The van der Waals surface area contributed by atoms with Gasteiger partial charge in [0.05, 0.1) is 20.8 Å². The summed E-state index contributed by atoms with van der Waals surface area (Å²) in [5.41, 5.74) is 0.761. The van der Waals surface area contributed by atoms with Gasteiger partial charge in [0.25, 0.3) is 5.91 Å². The van der Waals surface area contributed by atoms with E-state index in [1.54, 1.807) is 32.4 Å². The molecule has 8 heteroatoms. The number of aromatic nitrogens is 2. The van der Waals surface area contributed by atoms with Gasteiger partial charge in [-0.15, -0.1) is 0 Å². The number of nitrogens with zero attached hydrogens (tertiary/aromatic N) is 2. The highest BCUT2D eigenvalue weighted by atomic mass is 16.5. The molecule has 2 aromatic carbocycles. The van der Waals surface area contributed by atoms with Crippen LogP contribution in [-0.4, -0.2) is 36.4 Å². The number of ether oxygens (including phenoxy) is 3. The quantitative estimate of drug-likeness (QED) is 0.592. The highest BCUT2D eigenvalue weighted by Crippen LogP contribution is 2.27. The van der Waals surface area contributed by atoms with E-state index in [0.717, 1.165) is 5.56 Å². The van der Waals surface area contributed by atoms with Gasteiger partial charge in [-0.1, -0.05) is 36.3 Å². The second-order valence-electron chi connectivity index (χ2n) is 6.13. The Morgan fingerprint density at radius 1 is 1.10 bits per heavy atom.